The molecule has 20 heavy (non-hydrogen) atoms. The van der Waals surface area contributed by atoms with Gasteiger partial charge < -0.3 is 15.4 Å². The highest BCUT2D eigenvalue weighted by molar-refractivity contribution is 5.45. The van der Waals surface area contributed by atoms with Crippen LogP contribution in [0.2, 0.25) is 0 Å². The second-order valence-corrected chi connectivity index (χ2v) is 4.60. The van der Waals surface area contributed by atoms with E-state index in [0.717, 1.165) is 17.0 Å². The predicted octanol–water partition coefficient (Wildman–Crippen LogP) is 2.80. The Bertz CT molecular complexity index is 542. The van der Waals surface area contributed by atoms with Crippen LogP contribution in [-0.4, -0.2) is 20.2 Å². The van der Waals surface area contributed by atoms with E-state index in [1.807, 2.05) is 42.3 Å². The lowest BCUT2D eigenvalue weighted by Crippen LogP contribution is -2.23. The highest BCUT2D eigenvalue weighted by atomic mass is 19.1. The number of halogens is 1. The number of anilines is 1. The third-order valence-corrected chi connectivity index (χ3v) is 3.10. The third-order valence-electron chi connectivity index (χ3n) is 3.10. The Kier molecular flexibility index (Phi) is 4.96. The number of likely N-dealkylation sites (N-methyl/N-ethyl adjacent to an activating group) is 1. The molecule has 4 heteroatoms. The predicted molar refractivity (Wildman–Crippen MR) is 79.5 cm³/mol. The highest BCUT2D eigenvalue weighted by Crippen LogP contribution is 2.15. The number of hydrogen-bond donors (Lipinski definition) is 1. The zero-order valence-electron chi connectivity index (χ0n) is 11.6. The topological polar surface area (TPSA) is 38.5 Å². The van der Waals surface area contributed by atoms with Crippen molar-refractivity contribution in [3.05, 3.63) is 59.9 Å². The van der Waals surface area contributed by atoms with Crippen molar-refractivity contribution in [3.63, 3.8) is 0 Å². The molecule has 2 rings (SSSR count). The molecule has 0 aliphatic heterocycles. The van der Waals surface area contributed by atoms with Crippen molar-refractivity contribution in [1.82, 2.24) is 0 Å². The molecule has 0 aromatic heterocycles. The van der Waals surface area contributed by atoms with Gasteiger partial charge in [-0.25, -0.2) is 4.39 Å². The lowest BCUT2D eigenvalue weighted by Gasteiger charge is -2.19. The van der Waals surface area contributed by atoms with Crippen LogP contribution in [0.5, 0.6) is 5.75 Å². The minimum Gasteiger partial charge on any atom is -0.492 e. The summed E-state index contributed by atoms with van der Waals surface area (Å²) in [6, 6.07) is 14.2. The number of ether oxygens (including phenoxy) is 1. The first-order valence-electron chi connectivity index (χ1n) is 6.57. The summed E-state index contributed by atoms with van der Waals surface area (Å²) in [5, 5.41) is 0. The van der Waals surface area contributed by atoms with Gasteiger partial charge in [-0.15, -0.1) is 0 Å². The molecular weight excluding hydrogens is 255 g/mol. The molecule has 2 aromatic carbocycles. The van der Waals surface area contributed by atoms with Crippen molar-refractivity contribution in [3.8, 4) is 5.75 Å². The molecule has 0 aliphatic carbocycles. The number of benzene rings is 2. The van der Waals surface area contributed by atoms with Crippen molar-refractivity contribution in [2.75, 3.05) is 25.1 Å². The molecule has 0 heterocycles. The molecule has 2 N–H and O–H groups in total. The Labute approximate surface area is 118 Å². The van der Waals surface area contributed by atoms with Crippen LogP contribution in [0.4, 0.5) is 10.1 Å². The molecule has 0 amide bonds. The monoisotopic (exact) mass is 274 g/mol. The Morgan fingerprint density at radius 3 is 2.55 bits per heavy atom. The van der Waals surface area contributed by atoms with E-state index in [4.69, 9.17) is 10.5 Å². The van der Waals surface area contributed by atoms with Crippen molar-refractivity contribution >= 4 is 5.69 Å². The third kappa shape index (κ3) is 3.96. The Morgan fingerprint density at radius 1 is 1.15 bits per heavy atom. The largest absolute Gasteiger partial charge is 0.492 e. The fourth-order valence-electron chi connectivity index (χ4n) is 1.86. The molecule has 0 saturated carbocycles. The van der Waals surface area contributed by atoms with Gasteiger partial charge in [-0.3, -0.25) is 0 Å². The maximum absolute atomic E-state index is 13.1. The van der Waals surface area contributed by atoms with Gasteiger partial charge in [-0.05, 0) is 35.9 Å². The molecule has 0 atom stereocenters. The molecular formula is C16H19FN2O. The summed E-state index contributed by atoms with van der Waals surface area (Å²) in [4.78, 5) is 1.96. The van der Waals surface area contributed by atoms with Crippen molar-refractivity contribution in [2.24, 2.45) is 5.73 Å². The summed E-state index contributed by atoms with van der Waals surface area (Å²) in [5.74, 6) is 0.586. The van der Waals surface area contributed by atoms with E-state index in [1.54, 1.807) is 6.07 Å². The lowest BCUT2D eigenvalue weighted by atomic mass is 10.2. The first-order chi connectivity index (χ1) is 9.69. The van der Waals surface area contributed by atoms with Gasteiger partial charge in [0, 0.05) is 19.3 Å². The van der Waals surface area contributed by atoms with E-state index in [2.05, 4.69) is 0 Å². The van der Waals surface area contributed by atoms with Gasteiger partial charge in [0.25, 0.3) is 0 Å². The summed E-state index contributed by atoms with van der Waals surface area (Å²) < 4.78 is 18.8. The molecule has 2 aromatic rings. The first kappa shape index (κ1) is 14.3. The first-order valence-corrected chi connectivity index (χ1v) is 6.57. The van der Waals surface area contributed by atoms with Crippen LogP contribution in [0, 0.1) is 5.82 Å². The summed E-state index contributed by atoms with van der Waals surface area (Å²) in [6.07, 6.45) is 0. The minimum absolute atomic E-state index is 0.229. The summed E-state index contributed by atoms with van der Waals surface area (Å²) in [6.45, 7) is 1.75. The second kappa shape index (κ2) is 6.91. The number of nitrogens with zero attached hydrogens (tertiary/aromatic N) is 1. The molecule has 0 aliphatic rings. The Hall–Kier alpha value is -2.07. The standard InChI is InChI=1S/C16H19FN2O/c1-19(15-4-2-3-14(17)11-15)9-10-20-16-7-5-13(12-18)6-8-16/h2-8,11H,9-10,12,18H2,1H3. The van der Waals surface area contributed by atoms with E-state index >= 15 is 0 Å². The van der Waals surface area contributed by atoms with Gasteiger partial charge in [0.2, 0.25) is 0 Å². The van der Waals surface area contributed by atoms with Crippen LogP contribution >= 0.6 is 0 Å². The zero-order chi connectivity index (χ0) is 14.4. The molecule has 0 unspecified atom stereocenters. The Balaban J connectivity index is 1.82. The molecule has 106 valence electrons. The van der Waals surface area contributed by atoms with Gasteiger partial charge >= 0.3 is 0 Å². The van der Waals surface area contributed by atoms with Crippen LogP contribution in [0.25, 0.3) is 0 Å². The van der Waals surface area contributed by atoms with E-state index < -0.39 is 0 Å². The summed E-state index contributed by atoms with van der Waals surface area (Å²) >= 11 is 0. The highest BCUT2D eigenvalue weighted by Gasteiger charge is 2.02. The van der Waals surface area contributed by atoms with Crippen LogP contribution in [-0.2, 0) is 6.54 Å². The maximum atomic E-state index is 13.1. The maximum Gasteiger partial charge on any atom is 0.125 e. The Morgan fingerprint density at radius 2 is 1.90 bits per heavy atom. The molecule has 0 radical (unpaired) electrons. The van der Waals surface area contributed by atoms with Crippen LogP contribution in [0.3, 0.4) is 0 Å². The fourth-order valence-corrected chi connectivity index (χ4v) is 1.86. The van der Waals surface area contributed by atoms with Crippen LogP contribution in [0.15, 0.2) is 48.5 Å². The normalized spacial score (nSPS) is 10.3. The molecule has 0 fully saturated rings. The minimum atomic E-state index is -0.229. The second-order valence-electron chi connectivity index (χ2n) is 4.60. The smallest absolute Gasteiger partial charge is 0.125 e. The van der Waals surface area contributed by atoms with Crippen molar-refractivity contribution in [1.29, 1.82) is 0 Å². The van der Waals surface area contributed by atoms with E-state index in [-0.39, 0.29) is 5.82 Å². The average Bonchev–Trinajstić information content (AvgIpc) is 2.48. The van der Waals surface area contributed by atoms with E-state index in [9.17, 15) is 4.39 Å². The van der Waals surface area contributed by atoms with Gasteiger partial charge in [-0.1, -0.05) is 18.2 Å². The van der Waals surface area contributed by atoms with Crippen molar-refractivity contribution < 1.29 is 9.13 Å². The lowest BCUT2D eigenvalue weighted by molar-refractivity contribution is 0.326. The number of hydrogen-bond acceptors (Lipinski definition) is 3. The van der Waals surface area contributed by atoms with Gasteiger partial charge in [0.05, 0.1) is 6.54 Å². The quantitative estimate of drug-likeness (QED) is 0.880. The fraction of sp³-hybridized carbons (Fsp3) is 0.250. The summed E-state index contributed by atoms with van der Waals surface area (Å²) in [5.41, 5.74) is 7.46. The number of nitrogens with two attached hydrogens (primary N) is 1. The van der Waals surface area contributed by atoms with Gasteiger partial charge in [0.1, 0.15) is 18.2 Å². The molecule has 0 spiro atoms. The molecule has 3 nitrogen and oxygen atoms in total. The molecule has 0 saturated heterocycles. The summed E-state index contributed by atoms with van der Waals surface area (Å²) in [7, 11) is 1.91. The van der Waals surface area contributed by atoms with Crippen molar-refractivity contribution in [2.45, 2.75) is 6.54 Å². The number of rotatable bonds is 6. The van der Waals surface area contributed by atoms with E-state index in [0.29, 0.717) is 19.7 Å². The van der Waals surface area contributed by atoms with Crippen LogP contribution < -0.4 is 15.4 Å². The average molecular weight is 274 g/mol. The van der Waals surface area contributed by atoms with Crippen LogP contribution in [0.1, 0.15) is 5.56 Å². The SMILES string of the molecule is CN(CCOc1ccc(CN)cc1)c1cccc(F)c1. The van der Waals surface area contributed by atoms with E-state index in [1.165, 1.54) is 12.1 Å². The molecule has 0 bridgehead atoms. The zero-order valence-corrected chi connectivity index (χ0v) is 11.6. The van der Waals surface area contributed by atoms with Gasteiger partial charge in [0.15, 0.2) is 0 Å². The van der Waals surface area contributed by atoms with Gasteiger partial charge in [-0.2, -0.15) is 0 Å².